The molecule has 0 spiro atoms. The third-order valence-electron chi connectivity index (χ3n) is 5.25. The van der Waals surface area contributed by atoms with Crippen molar-refractivity contribution >= 4 is 34.7 Å². The summed E-state index contributed by atoms with van der Waals surface area (Å²) in [5, 5.41) is 2.00. The van der Waals surface area contributed by atoms with Crippen LogP contribution in [0.2, 0.25) is 0 Å². The molecule has 3 heterocycles. The van der Waals surface area contributed by atoms with Crippen molar-refractivity contribution < 1.29 is 14.3 Å². The number of rotatable bonds is 6. The molecule has 1 atom stereocenters. The second kappa shape index (κ2) is 9.49. The molecule has 0 fully saturated rings. The molecule has 33 heavy (non-hydrogen) atoms. The van der Waals surface area contributed by atoms with E-state index < -0.39 is 12.0 Å². The van der Waals surface area contributed by atoms with Gasteiger partial charge < -0.3 is 9.47 Å². The number of carbonyl (C=O) groups is 1. The van der Waals surface area contributed by atoms with E-state index in [1.54, 1.807) is 29.8 Å². The van der Waals surface area contributed by atoms with Gasteiger partial charge in [-0.3, -0.25) is 9.36 Å². The average Bonchev–Trinajstić information content (AvgIpc) is 3.30. The summed E-state index contributed by atoms with van der Waals surface area (Å²) in [7, 11) is 0. The van der Waals surface area contributed by atoms with Gasteiger partial charge in [0.1, 0.15) is 5.75 Å². The maximum Gasteiger partial charge on any atom is 0.338 e. The zero-order valence-electron chi connectivity index (χ0n) is 19.2. The normalized spacial score (nSPS) is 16.1. The van der Waals surface area contributed by atoms with E-state index in [1.807, 2.05) is 62.6 Å². The van der Waals surface area contributed by atoms with Gasteiger partial charge in [-0.2, -0.15) is 0 Å². The number of allylic oxidation sites excluding steroid dienone is 1. The SMILES string of the molecule is CCOC(=O)C1=C(C)N=c2s/c(=C\c3sccc3C)c(=O)n2[C@H]1c1ccc(OC(C)C)cc1. The van der Waals surface area contributed by atoms with E-state index >= 15 is 0 Å². The molecule has 0 unspecified atom stereocenters. The molecule has 0 saturated heterocycles. The number of ether oxygens (including phenoxy) is 2. The Kier molecular flexibility index (Phi) is 6.67. The van der Waals surface area contributed by atoms with Gasteiger partial charge >= 0.3 is 5.97 Å². The van der Waals surface area contributed by atoms with E-state index in [1.165, 1.54) is 11.3 Å². The first-order valence-electron chi connectivity index (χ1n) is 10.8. The molecule has 6 nitrogen and oxygen atoms in total. The van der Waals surface area contributed by atoms with E-state index in [0.717, 1.165) is 21.8 Å². The molecule has 3 aromatic rings. The van der Waals surface area contributed by atoms with Crippen molar-refractivity contribution in [2.24, 2.45) is 4.99 Å². The summed E-state index contributed by atoms with van der Waals surface area (Å²) in [6.45, 7) is 9.74. The van der Waals surface area contributed by atoms with Gasteiger partial charge in [0.15, 0.2) is 4.80 Å². The van der Waals surface area contributed by atoms with Gasteiger partial charge in [0.05, 0.1) is 34.6 Å². The third kappa shape index (κ3) is 4.58. The lowest BCUT2D eigenvalue weighted by Gasteiger charge is -2.25. The fraction of sp³-hybridized carbons (Fsp3) is 0.320. The summed E-state index contributed by atoms with van der Waals surface area (Å²) in [6.07, 6.45) is 1.95. The number of fused-ring (bicyclic) bond motifs is 1. The molecule has 0 N–H and O–H groups in total. The smallest absolute Gasteiger partial charge is 0.338 e. The van der Waals surface area contributed by atoms with E-state index in [4.69, 9.17) is 9.47 Å². The first-order valence-corrected chi connectivity index (χ1v) is 12.5. The largest absolute Gasteiger partial charge is 0.491 e. The summed E-state index contributed by atoms with van der Waals surface area (Å²) in [5.41, 5.74) is 2.67. The van der Waals surface area contributed by atoms with Crippen molar-refractivity contribution in [3.63, 3.8) is 0 Å². The van der Waals surface area contributed by atoms with E-state index in [9.17, 15) is 9.59 Å². The van der Waals surface area contributed by atoms with Crippen molar-refractivity contribution in [1.82, 2.24) is 4.57 Å². The lowest BCUT2D eigenvalue weighted by Crippen LogP contribution is -2.39. The van der Waals surface area contributed by atoms with Crippen LogP contribution in [0, 0.1) is 6.92 Å². The standard InChI is InChI=1S/C25H26N2O4S2/c1-6-30-24(29)21-16(5)26-25-27(22(21)17-7-9-18(10-8-17)31-14(2)3)23(28)20(33-25)13-19-15(4)11-12-32-19/h7-14,22H,6H2,1-5H3/b20-13-/t22-/m0/s1. The first kappa shape index (κ1) is 23.2. The Hall–Kier alpha value is -2.97. The van der Waals surface area contributed by atoms with Crippen molar-refractivity contribution in [1.29, 1.82) is 0 Å². The predicted molar refractivity (Wildman–Crippen MR) is 132 cm³/mol. The van der Waals surface area contributed by atoms with E-state index in [2.05, 4.69) is 4.99 Å². The highest BCUT2D eigenvalue weighted by atomic mass is 32.1. The molecule has 4 rings (SSSR count). The predicted octanol–water partition coefficient (Wildman–Crippen LogP) is 3.96. The molecular weight excluding hydrogens is 456 g/mol. The minimum Gasteiger partial charge on any atom is -0.491 e. The number of nitrogens with zero attached hydrogens (tertiary/aromatic N) is 2. The maximum atomic E-state index is 13.6. The van der Waals surface area contributed by atoms with E-state index in [0.29, 0.717) is 20.6 Å². The molecule has 8 heteroatoms. The van der Waals surface area contributed by atoms with Crippen LogP contribution in [0.15, 0.2) is 56.8 Å². The van der Waals surface area contributed by atoms with Crippen LogP contribution in [0.3, 0.4) is 0 Å². The summed E-state index contributed by atoms with van der Waals surface area (Å²) in [4.78, 5) is 32.7. The van der Waals surface area contributed by atoms with Crippen LogP contribution in [0.4, 0.5) is 0 Å². The van der Waals surface area contributed by atoms with Gasteiger partial charge in [-0.05, 0) is 75.4 Å². The molecule has 0 aliphatic carbocycles. The van der Waals surface area contributed by atoms with Crippen molar-refractivity contribution in [3.05, 3.63) is 82.7 Å². The second-order valence-electron chi connectivity index (χ2n) is 8.01. The van der Waals surface area contributed by atoms with Crippen molar-refractivity contribution in [2.75, 3.05) is 6.61 Å². The highest BCUT2D eigenvalue weighted by Gasteiger charge is 2.33. The van der Waals surface area contributed by atoms with Crippen molar-refractivity contribution in [3.8, 4) is 5.75 Å². The Morgan fingerprint density at radius 2 is 1.94 bits per heavy atom. The average molecular weight is 483 g/mol. The Morgan fingerprint density at radius 1 is 1.21 bits per heavy atom. The van der Waals surface area contributed by atoms with Crippen molar-refractivity contribution in [2.45, 2.75) is 46.8 Å². The highest BCUT2D eigenvalue weighted by molar-refractivity contribution is 7.11. The van der Waals surface area contributed by atoms with Crippen LogP contribution < -0.4 is 19.6 Å². The second-order valence-corrected chi connectivity index (χ2v) is 9.96. The molecule has 1 aliphatic heterocycles. The fourth-order valence-electron chi connectivity index (χ4n) is 3.76. The van der Waals surface area contributed by atoms with E-state index in [-0.39, 0.29) is 18.3 Å². The topological polar surface area (TPSA) is 69.9 Å². The lowest BCUT2D eigenvalue weighted by molar-refractivity contribution is -0.139. The van der Waals surface area contributed by atoms with Crippen LogP contribution >= 0.6 is 22.7 Å². The minimum absolute atomic E-state index is 0.0477. The minimum atomic E-state index is -0.625. The molecular formula is C25H26N2O4S2. The first-order chi connectivity index (χ1) is 15.8. The molecule has 2 aromatic heterocycles. The van der Waals surface area contributed by atoms with Gasteiger partial charge in [-0.1, -0.05) is 23.5 Å². The quantitative estimate of drug-likeness (QED) is 0.499. The zero-order valence-corrected chi connectivity index (χ0v) is 20.9. The monoisotopic (exact) mass is 482 g/mol. The summed E-state index contributed by atoms with van der Waals surface area (Å²) in [5.74, 6) is 0.266. The summed E-state index contributed by atoms with van der Waals surface area (Å²) in [6, 6.07) is 8.90. The highest BCUT2D eigenvalue weighted by Crippen LogP contribution is 2.31. The number of thiophene rings is 1. The lowest BCUT2D eigenvalue weighted by atomic mass is 9.96. The number of aryl methyl sites for hydroxylation is 1. The number of benzene rings is 1. The van der Waals surface area contributed by atoms with Gasteiger partial charge in [-0.15, -0.1) is 11.3 Å². The molecule has 1 aliphatic rings. The number of carbonyl (C=O) groups excluding carboxylic acids is 1. The van der Waals surface area contributed by atoms with Gasteiger partial charge in [0.25, 0.3) is 5.56 Å². The number of thiazole rings is 1. The van der Waals surface area contributed by atoms with Gasteiger partial charge in [0.2, 0.25) is 0 Å². The van der Waals surface area contributed by atoms with Gasteiger partial charge in [0, 0.05) is 4.88 Å². The Bertz CT molecular complexity index is 1390. The van der Waals surface area contributed by atoms with Crippen LogP contribution in [-0.4, -0.2) is 23.2 Å². The Morgan fingerprint density at radius 3 is 2.55 bits per heavy atom. The third-order valence-corrected chi connectivity index (χ3v) is 7.20. The van der Waals surface area contributed by atoms with Gasteiger partial charge in [-0.25, -0.2) is 9.79 Å². The van der Waals surface area contributed by atoms with Crippen LogP contribution in [0.1, 0.15) is 49.7 Å². The van der Waals surface area contributed by atoms with Crippen LogP contribution in [0.25, 0.3) is 6.08 Å². The molecule has 0 radical (unpaired) electrons. The number of hydrogen-bond donors (Lipinski definition) is 0. The molecule has 0 amide bonds. The van der Waals surface area contributed by atoms with Crippen LogP contribution in [0.5, 0.6) is 5.75 Å². The van der Waals surface area contributed by atoms with Crippen LogP contribution in [-0.2, 0) is 9.53 Å². The maximum absolute atomic E-state index is 13.6. The fourth-order valence-corrected chi connectivity index (χ4v) is 5.72. The Balaban J connectivity index is 1.90. The summed E-state index contributed by atoms with van der Waals surface area (Å²) < 4.78 is 13.3. The molecule has 0 saturated carbocycles. The number of aromatic nitrogens is 1. The Labute approximate surface area is 200 Å². The molecule has 1 aromatic carbocycles. The number of esters is 1. The number of hydrogen-bond acceptors (Lipinski definition) is 7. The molecule has 0 bridgehead atoms. The zero-order chi connectivity index (χ0) is 23.7. The summed E-state index contributed by atoms with van der Waals surface area (Å²) >= 11 is 2.92. The molecule has 172 valence electrons.